The standard InChI is InChI=1S/C19H32N2O2/c1-14-10-15(2)13-20(12-14)18(22)11-19(23)21-9-5-7-16-6-3-4-8-17(16)21/h14-17H,3-13H2,1-2H3. The van der Waals surface area contributed by atoms with E-state index in [-0.39, 0.29) is 18.2 Å². The molecule has 23 heavy (non-hydrogen) atoms. The van der Waals surface area contributed by atoms with Gasteiger partial charge in [0, 0.05) is 25.7 Å². The smallest absolute Gasteiger partial charge is 0.232 e. The minimum atomic E-state index is 0.0475. The van der Waals surface area contributed by atoms with Crippen molar-refractivity contribution in [1.29, 1.82) is 0 Å². The fraction of sp³-hybridized carbons (Fsp3) is 0.895. The number of carbonyl (C=O) groups is 2. The lowest BCUT2D eigenvalue weighted by molar-refractivity contribution is -0.145. The van der Waals surface area contributed by atoms with Gasteiger partial charge in [-0.3, -0.25) is 9.59 Å². The molecular formula is C19H32N2O2. The minimum absolute atomic E-state index is 0.0475. The summed E-state index contributed by atoms with van der Waals surface area (Å²) in [5.41, 5.74) is 0. The molecule has 2 heterocycles. The van der Waals surface area contributed by atoms with Gasteiger partial charge in [0.1, 0.15) is 6.42 Å². The lowest BCUT2D eigenvalue weighted by Gasteiger charge is -2.44. The minimum Gasteiger partial charge on any atom is -0.342 e. The van der Waals surface area contributed by atoms with Crippen LogP contribution < -0.4 is 0 Å². The molecule has 0 aromatic rings. The molecule has 0 spiro atoms. The van der Waals surface area contributed by atoms with Crippen LogP contribution in [0.3, 0.4) is 0 Å². The van der Waals surface area contributed by atoms with Crippen LogP contribution in [-0.4, -0.2) is 47.3 Å². The van der Waals surface area contributed by atoms with Crippen molar-refractivity contribution in [1.82, 2.24) is 9.80 Å². The number of carbonyl (C=O) groups excluding carboxylic acids is 2. The Kier molecular flexibility index (Phi) is 5.27. The zero-order chi connectivity index (χ0) is 16.4. The van der Waals surface area contributed by atoms with E-state index in [1.807, 2.05) is 4.90 Å². The normalized spacial score (nSPS) is 34.9. The van der Waals surface area contributed by atoms with Gasteiger partial charge < -0.3 is 9.80 Å². The van der Waals surface area contributed by atoms with E-state index in [9.17, 15) is 9.59 Å². The van der Waals surface area contributed by atoms with Crippen molar-refractivity contribution in [2.24, 2.45) is 17.8 Å². The fourth-order valence-corrected chi connectivity index (χ4v) is 5.14. The largest absolute Gasteiger partial charge is 0.342 e. The van der Waals surface area contributed by atoms with Crippen LogP contribution in [0, 0.1) is 17.8 Å². The number of hydrogen-bond acceptors (Lipinski definition) is 2. The van der Waals surface area contributed by atoms with Gasteiger partial charge in [-0.15, -0.1) is 0 Å². The van der Waals surface area contributed by atoms with Gasteiger partial charge in [0.2, 0.25) is 11.8 Å². The number of piperidine rings is 2. The molecule has 2 aliphatic heterocycles. The molecule has 2 saturated heterocycles. The Hall–Kier alpha value is -1.06. The summed E-state index contributed by atoms with van der Waals surface area (Å²) in [5, 5.41) is 0. The molecule has 0 aromatic carbocycles. The molecule has 3 fully saturated rings. The van der Waals surface area contributed by atoms with Crippen molar-refractivity contribution in [3.63, 3.8) is 0 Å². The highest BCUT2D eigenvalue weighted by Crippen LogP contribution is 2.35. The molecular weight excluding hydrogens is 288 g/mol. The van der Waals surface area contributed by atoms with Gasteiger partial charge in [0.05, 0.1) is 0 Å². The first-order chi connectivity index (χ1) is 11.0. The average Bonchev–Trinajstić information content (AvgIpc) is 2.53. The third-order valence-corrected chi connectivity index (χ3v) is 6.09. The van der Waals surface area contributed by atoms with Crippen molar-refractivity contribution in [2.45, 2.75) is 71.3 Å². The topological polar surface area (TPSA) is 40.6 Å². The van der Waals surface area contributed by atoms with Gasteiger partial charge in [-0.1, -0.05) is 26.7 Å². The highest BCUT2D eigenvalue weighted by atomic mass is 16.2. The SMILES string of the molecule is CC1CC(C)CN(C(=O)CC(=O)N2CCCC3CCCCC32)C1. The first-order valence-electron chi connectivity index (χ1n) is 9.62. The predicted octanol–water partition coefficient (Wildman–Crippen LogP) is 3.06. The second-order valence-corrected chi connectivity index (χ2v) is 8.26. The second-order valence-electron chi connectivity index (χ2n) is 8.26. The quantitative estimate of drug-likeness (QED) is 0.734. The highest BCUT2D eigenvalue weighted by Gasteiger charge is 2.36. The summed E-state index contributed by atoms with van der Waals surface area (Å²) in [4.78, 5) is 29.3. The monoisotopic (exact) mass is 320 g/mol. The summed E-state index contributed by atoms with van der Waals surface area (Å²) in [6, 6.07) is 0.414. The zero-order valence-electron chi connectivity index (χ0n) is 14.8. The first kappa shape index (κ1) is 16.8. The maximum absolute atomic E-state index is 12.7. The number of likely N-dealkylation sites (tertiary alicyclic amines) is 2. The summed E-state index contributed by atoms with van der Waals surface area (Å²) >= 11 is 0. The van der Waals surface area contributed by atoms with E-state index >= 15 is 0 Å². The molecule has 0 N–H and O–H groups in total. The van der Waals surface area contributed by atoms with Gasteiger partial charge in [0.15, 0.2) is 0 Å². The van der Waals surface area contributed by atoms with Crippen LogP contribution in [0.4, 0.5) is 0 Å². The van der Waals surface area contributed by atoms with Crippen molar-refractivity contribution < 1.29 is 9.59 Å². The Bertz CT molecular complexity index is 439. The maximum Gasteiger partial charge on any atom is 0.232 e. The molecule has 0 bridgehead atoms. The molecule has 1 saturated carbocycles. The van der Waals surface area contributed by atoms with Crippen LogP contribution in [0.15, 0.2) is 0 Å². The van der Waals surface area contributed by atoms with Crippen LogP contribution in [0.5, 0.6) is 0 Å². The first-order valence-corrected chi connectivity index (χ1v) is 9.62. The van der Waals surface area contributed by atoms with E-state index in [1.165, 1.54) is 32.1 Å². The lowest BCUT2D eigenvalue weighted by atomic mass is 9.78. The number of fused-ring (bicyclic) bond motifs is 1. The highest BCUT2D eigenvalue weighted by molar-refractivity contribution is 5.97. The van der Waals surface area contributed by atoms with Gasteiger partial charge >= 0.3 is 0 Å². The molecule has 0 radical (unpaired) electrons. The van der Waals surface area contributed by atoms with E-state index in [1.54, 1.807) is 0 Å². The number of rotatable bonds is 2. The van der Waals surface area contributed by atoms with E-state index in [4.69, 9.17) is 0 Å². The molecule has 3 aliphatic rings. The molecule has 1 aliphatic carbocycles. The number of hydrogen-bond donors (Lipinski definition) is 0. The second kappa shape index (κ2) is 7.23. The van der Waals surface area contributed by atoms with E-state index in [0.29, 0.717) is 23.8 Å². The molecule has 2 amide bonds. The van der Waals surface area contributed by atoms with Gasteiger partial charge in [-0.2, -0.15) is 0 Å². The summed E-state index contributed by atoms with van der Waals surface area (Å²) in [6.45, 7) is 6.91. The fourth-order valence-electron chi connectivity index (χ4n) is 5.14. The zero-order valence-corrected chi connectivity index (χ0v) is 14.8. The molecule has 4 unspecified atom stereocenters. The molecule has 4 nitrogen and oxygen atoms in total. The molecule has 3 rings (SSSR count). The summed E-state index contributed by atoms with van der Waals surface area (Å²) < 4.78 is 0. The van der Waals surface area contributed by atoms with Gasteiger partial charge in [-0.25, -0.2) is 0 Å². The predicted molar refractivity (Wildman–Crippen MR) is 90.8 cm³/mol. The third-order valence-electron chi connectivity index (χ3n) is 6.09. The molecule has 4 atom stereocenters. The Morgan fingerprint density at radius 3 is 2.30 bits per heavy atom. The van der Waals surface area contributed by atoms with Gasteiger partial charge in [0.25, 0.3) is 0 Å². The summed E-state index contributed by atoms with van der Waals surface area (Å²) in [6.07, 6.45) is 8.61. The van der Waals surface area contributed by atoms with Crippen molar-refractivity contribution in [3.8, 4) is 0 Å². The number of amides is 2. The Labute approximate surface area is 140 Å². The van der Waals surface area contributed by atoms with E-state index in [0.717, 1.165) is 32.5 Å². The van der Waals surface area contributed by atoms with Crippen LogP contribution in [0.1, 0.15) is 65.2 Å². The summed E-state index contributed by atoms with van der Waals surface area (Å²) in [7, 11) is 0. The molecule has 130 valence electrons. The Balaban J connectivity index is 1.58. The van der Waals surface area contributed by atoms with Crippen LogP contribution in [-0.2, 0) is 9.59 Å². The number of nitrogens with zero attached hydrogens (tertiary/aromatic N) is 2. The summed E-state index contributed by atoms with van der Waals surface area (Å²) in [5.74, 6) is 1.92. The third kappa shape index (κ3) is 3.89. The van der Waals surface area contributed by atoms with E-state index < -0.39 is 0 Å². The van der Waals surface area contributed by atoms with Crippen molar-refractivity contribution in [3.05, 3.63) is 0 Å². The van der Waals surface area contributed by atoms with Gasteiger partial charge in [-0.05, 0) is 49.9 Å². The van der Waals surface area contributed by atoms with Crippen LogP contribution in [0.2, 0.25) is 0 Å². The molecule has 4 heteroatoms. The van der Waals surface area contributed by atoms with Crippen LogP contribution in [0.25, 0.3) is 0 Å². The Morgan fingerprint density at radius 1 is 0.913 bits per heavy atom. The van der Waals surface area contributed by atoms with Crippen molar-refractivity contribution in [2.75, 3.05) is 19.6 Å². The van der Waals surface area contributed by atoms with E-state index in [2.05, 4.69) is 18.7 Å². The lowest BCUT2D eigenvalue weighted by Crippen LogP contribution is -2.51. The maximum atomic E-state index is 12.7. The average molecular weight is 320 g/mol. The molecule has 0 aromatic heterocycles. The Morgan fingerprint density at radius 2 is 1.57 bits per heavy atom. The van der Waals surface area contributed by atoms with Crippen LogP contribution >= 0.6 is 0 Å². The van der Waals surface area contributed by atoms with Crippen molar-refractivity contribution >= 4 is 11.8 Å².